The molecule has 0 saturated heterocycles. The van der Waals surface area contributed by atoms with Crippen LogP contribution in [0.1, 0.15) is 15.9 Å². The molecular weight excluding hydrogens is 267 g/mol. The van der Waals surface area contributed by atoms with Crippen LogP contribution in [0.2, 0.25) is 5.02 Å². The van der Waals surface area contributed by atoms with E-state index in [0.29, 0.717) is 21.6 Å². The van der Waals surface area contributed by atoms with Gasteiger partial charge in [0.2, 0.25) is 0 Å². The number of nitrogens with zero attached hydrogens (tertiary/aromatic N) is 1. The number of aromatic amines is 1. The number of halogens is 2. The summed E-state index contributed by atoms with van der Waals surface area (Å²) in [5.41, 5.74) is 0.926. The molecule has 3 aromatic rings. The van der Waals surface area contributed by atoms with Gasteiger partial charge in [-0.05, 0) is 30.3 Å². The summed E-state index contributed by atoms with van der Waals surface area (Å²) in [6, 6.07) is 7.40. The van der Waals surface area contributed by atoms with Crippen LogP contribution < -0.4 is 0 Å². The highest BCUT2D eigenvalue weighted by molar-refractivity contribution is 6.31. The average Bonchev–Trinajstić information content (AvgIpc) is 2.84. The minimum absolute atomic E-state index is 0.0442. The molecule has 3 nitrogen and oxygen atoms in total. The lowest BCUT2D eigenvalue weighted by Gasteiger charge is -2.02. The molecule has 0 saturated carbocycles. The van der Waals surface area contributed by atoms with Crippen molar-refractivity contribution in [2.75, 3.05) is 0 Å². The Morgan fingerprint density at radius 1 is 1.26 bits per heavy atom. The maximum Gasteiger partial charge on any atom is 0.198 e. The van der Waals surface area contributed by atoms with E-state index in [9.17, 15) is 9.18 Å². The second kappa shape index (κ2) is 4.48. The summed E-state index contributed by atoms with van der Waals surface area (Å²) in [5, 5.41) is 0.981. The minimum atomic E-state index is -0.590. The van der Waals surface area contributed by atoms with Crippen LogP contribution in [0.3, 0.4) is 0 Å². The molecule has 0 fully saturated rings. The number of hydrogen-bond donors (Lipinski definition) is 1. The zero-order valence-corrected chi connectivity index (χ0v) is 10.4. The molecule has 0 aliphatic heterocycles. The number of rotatable bonds is 2. The lowest BCUT2D eigenvalue weighted by molar-refractivity contribution is 0.103. The van der Waals surface area contributed by atoms with Crippen LogP contribution in [0.25, 0.3) is 11.0 Å². The molecule has 3 rings (SSSR count). The van der Waals surface area contributed by atoms with Crippen LogP contribution in [0, 0.1) is 5.82 Å². The Hall–Kier alpha value is -2.20. The number of H-pyrrole nitrogens is 1. The Morgan fingerprint density at radius 2 is 2.11 bits per heavy atom. The van der Waals surface area contributed by atoms with E-state index < -0.39 is 11.6 Å². The van der Waals surface area contributed by atoms with Gasteiger partial charge in [0.05, 0.1) is 5.56 Å². The number of hydrogen-bond acceptors (Lipinski definition) is 2. The van der Waals surface area contributed by atoms with Crippen molar-refractivity contribution in [3.05, 3.63) is 64.7 Å². The van der Waals surface area contributed by atoms with Crippen LogP contribution in [-0.2, 0) is 0 Å². The van der Waals surface area contributed by atoms with Crippen LogP contribution in [-0.4, -0.2) is 15.8 Å². The van der Waals surface area contributed by atoms with E-state index in [1.807, 2.05) is 0 Å². The SMILES string of the molecule is O=C(c1cc(Cl)ccc1F)c1c[nH]c2ncccc12. The molecule has 1 aromatic carbocycles. The molecule has 94 valence electrons. The van der Waals surface area contributed by atoms with Crippen molar-refractivity contribution in [1.29, 1.82) is 0 Å². The third kappa shape index (κ3) is 2.00. The van der Waals surface area contributed by atoms with Gasteiger partial charge in [0.15, 0.2) is 5.78 Å². The fourth-order valence-electron chi connectivity index (χ4n) is 1.96. The molecule has 0 bridgehead atoms. The first kappa shape index (κ1) is 11.9. The standard InChI is InChI=1S/C14H8ClFN2O/c15-8-3-4-12(16)10(6-8)13(19)11-7-18-14-9(11)2-1-5-17-14/h1-7H,(H,17,18). The van der Waals surface area contributed by atoms with Crippen molar-refractivity contribution in [2.45, 2.75) is 0 Å². The molecule has 0 aliphatic carbocycles. The number of carbonyl (C=O) groups excluding carboxylic acids is 1. The van der Waals surface area contributed by atoms with E-state index in [-0.39, 0.29) is 5.56 Å². The predicted octanol–water partition coefficient (Wildman–Crippen LogP) is 3.59. The molecule has 0 aliphatic rings. The van der Waals surface area contributed by atoms with E-state index in [1.165, 1.54) is 24.4 Å². The number of aromatic nitrogens is 2. The van der Waals surface area contributed by atoms with Crippen molar-refractivity contribution in [2.24, 2.45) is 0 Å². The molecule has 5 heteroatoms. The molecule has 2 aromatic heterocycles. The largest absolute Gasteiger partial charge is 0.345 e. The van der Waals surface area contributed by atoms with Crippen LogP contribution in [0.5, 0.6) is 0 Å². The molecule has 2 heterocycles. The highest BCUT2D eigenvalue weighted by Gasteiger charge is 2.18. The van der Waals surface area contributed by atoms with Gasteiger partial charge in [0.25, 0.3) is 0 Å². The maximum atomic E-state index is 13.7. The van der Waals surface area contributed by atoms with Crippen molar-refractivity contribution in [1.82, 2.24) is 9.97 Å². The number of ketones is 1. The van der Waals surface area contributed by atoms with Crippen LogP contribution >= 0.6 is 11.6 Å². The lowest BCUT2D eigenvalue weighted by atomic mass is 10.0. The Labute approximate surface area is 113 Å². The van der Waals surface area contributed by atoms with Gasteiger partial charge in [-0.3, -0.25) is 4.79 Å². The quantitative estimate of drug-likeness (QED) is 0.726. The van der Waals surface area contributed by atoms with Gasteiger partial charge in [0, 0.05) is 28.4 Å². The summed E-state index contributed by atoms with van der Waals surface area (Å²) in [4.78, 5) is 19.3. The van der Waals surface area contributed by atoms with Gasteiger partial charge in [-0.15, -0.1) is 0 Å². The summed E-state index contributed by atoms with van der Waals surface area (Å²) in [6.07, 6.45) is 3.15. The van der Waals surface area contributed by atoms with E-state index in [2.05, 4.69) is 9.97 Å². The highest BCUT2D eigenvalue weighted by Crippen LogP contribution is 2.22. The molecule has 0 amide bonds. The Balaban J connectivity index is 2.16. The van der Waals surface area contributed by atoms with Crippen molar-refractivity contribution in [3.8, 4) is 0 Å². The molecule has 19 heavy (non-hydrogen) atoms. The lowest BCUT2D eigenvalue weighted by Crippen LogP contribution is -2.03. The monoisotopic (exact) mass is 274 g/mol. The van der Waals surface area contributed by atoms with Crippen molar-refractivity contribution >= 4 is 28.4 Å². The first-order valence-electron chi connectivity index (χ1n) is 5.58. The van der Waals surface area contributed by atoms with Crippen molar-refractivity contribution in [3.63, 3.8) is 0 Å². The Bertz CT molecular complexity index is 782. The fraction of sp³-hybridized carbons (Fsp3) is 0. The van der Waals surface area contributed by atoms with Crippen LogP contribution in [0.15, 0.2) is 42.7 Å². The number of nitrogens with one attached hydrogen (secondary N) is 1. The average molecular weight is 275 g/mol. The highest BCUT2D eigenvalue weighted by atomic mass is 35.5. The fourth-order valence-corrected chi connectivity index (χ4v) is 2.13. The molecule has 1 N–H and O–H groups in total. The molecule has 0 atom stereocenters. The number of carbonyl (C=O) groups is 1. The number of pyridine rings is 1. The Morgan fingerprint density at radius 3 is 2.95 bits per heavy atom. The maximum absolute atomic E-state index is 13.7. The van der Waals surface area contributed by atoms with Gasteiger partial charge in [-0.2, -0.15) is 0 Å². The van der Waals surface area contributed by atoms with Crippen molar-refractivity contribution < 1.29 is 9.18 Å². The van der Waals surface area contributed by atoms with E-state index in [1.54, 1.807) is 18.3 Å². The number of fused-ring (bicyclic) bond motifs is 1. The van der Waals surface area contributed by atoms with Gasteiger partial charge in [-0.1, -0.05) is 11.6 Å². The second-order valence-corrected chi connectivity index (χ2v) is 4.49. The summed E-state index contributed by atoms with van der Waals surface area (Å²) in [5.74, 6) is -1.01. The molecule has 0 radical (unpaired) electrons. The summed E-state index contributed by atoms with van der Waals surface area (Å²) in [7, 11) is 0. The smallest absolute Gasteiger partial charge is 0.198 e. The first-order chi connectivity index (χ1) is 9.16. The predicted molar refractivity (Wildman–Crippen MR) is 70.9 cm³/mol. The van der Waals surface area contributed by atoms with Gasteiger partial charge in [0.1, 0.15) is 11.5 Å². The van der Waals surface area contributed by atoms with Gasteiger partial charge < -0.3 is 4.98 Å². The Kier molecular flexibility index (Phi) is 2.80. The van der Waals surface area contributed by atoms with E-state index in [0.717, 1.165) is 0 Å². The third-order valence-corrected chi connectivity index (χ3v) is 3.10. The first-order valence-corrected chi connectivity index (χ1v) is 5.96. The summed E-state index contributed by atoms with van der Waals surface area (Å²) in [6.45, 7) is 0. The van der Waals surface area contributed by atoms with Gasteiger partial charge in [-0.25, -0.2) is 9.37 Å². The summed E-state index contributed by atoms with van der Waals surface area (Å²) >= 11 is 5.80. The second-order valence-electron chi connectivity index (χ2n) is 4.06. The molecule has 0 unspecified atom stereocenters. The topological polar surface area (TPSA) is 45.8 Å². The molecular formula is C14H8ClFN2O. The van der Waals surface area contributed by atoms with Crippen LogP contribution in [0.4, 0.5) is 4.39 Å². The zero-order valence-electron chi connectivity index (χ0n) is 9.65. The normalized spacial score (nSPS) is 10.8. The zero-order chi connectivity index (χ0) is 13.4. The minimum Gasteiger partial charge on any atom is -0.345 e. The van der Waals surface area contributed by atoms with E-state index in [4.69, 9.17) is 11.6 Å². The van der Waals surface area contributed by atoms with Gasteiger partial charge >= 0.3 is 0 Å². The van der Waals surface area contributed by atoms with E-state index >= 15 is 0 Å². The third-order valence-electron chi connectivity index (χ3n) is 2.87. The number of benzene rings is 1. The summed E-state index contributed by atoms with van der Waals surface area (Å²) < 4.78 is 13.7. The molecule has 0 spiro atoms.